The summed E-state index contributed by atoms with van der Waals surface area (Å²) in [5.74, 6) is 0.230. The van der Waals surface area contributed by atoms with Gasteiger partial charge in [-0.15, -0.1) is 0 Å². The lowest BCUT2D eigenvalue weighted by molar-refractivity contribution is -0.125. The molecule has 0 spiro atoms. The van der Waals surface area contributed by atoms with Gasteiger partial charge in [-0.2, -0.15) is 0 Å². The normalized spacial score (nSPS) is 14.5. The fourth-order valence-corrected chi connectivity index (χ4v) is 4.55. The average molecular weight is 461 g/mol. The minimum absolute atomic E-state index is 0.00345. The van der Waals surface area contributed by atoms with Crippen molar-refractivity contribution in [1.82, 2.24) is 14.9 Å². The quantitative estimate of drug-likeness (QED) is 0.446. The molecule has 174 valence electrons. The molecule has 1 N–H and O–H groups in total. The highest BCUT2D eigenvalue weighted by molar-refractivity contribution is 5.80. The summed E-state index contributed by atoms with van der Waals surface area (Å²) >= 11 is 0. The molecule has 3 aromatic carbocycles. The number of piperidine rings is 1. The van der Waals surface area contributed by atoms with Gasteiger partial charge in [0.05, 0.1) is 17.6 Å². The standard InChI is InChI=1S/C27H26F2N4O/c28-22-10-8-19(9-11-22)18-33-25-7-2-1-6-24(25)31-27(33)32-14-12-21(13-15-32)26(34)30-17-20-4-3-5-23(29)16-20/h1-11,16,21H,12-15,17-18H2,(H,30,34). The minimum atomic E-state index is -0.302. The number of anilines is 1. The Morgan fingerprint density at radius 1 is 0.912 bits per heavy atom. The van der Waals surface area contributed by atoms with Gasteiger partial charge in [-0.25, -0.2) is 13.8 Å². The van der Waals surface area contributed by atoms with Crippen LogP contribution in [0.2, 0.25) is 0 Å². The van der Waals surface area contributed by atoms with Crippen LogP contribution in [0.3, 0.4) is 0 Å². The summed E-state index contributed by atoms with van der Waals surface area (Å²) in [5.41, 5.74) is 3.68. The first-order valence-electron chi connectivity index (χ1n) is 11.5. The number of benzene rings is 3. The predicted molar refractivity (Wildman–Crippen MR) is 128 cm³/mol. The molecule has 1 aliphatic heterocycles. The molecule has 2 heterocycles. The zero-order valence-corrected chi connectivity index (χ0v) is 18.8. The summed E-state index contributed by atoms with van der Waals surface area (Å²) in [7, 11) is 0. The van der Waals surface area contributed by atoms with E-state index in [-0.39, 0.29) is 23.5 Å². The first kappa shape index (κ1) is 22.1. The summed E-state index contributed by atoms with van der Waals surface area (Å²) in [6, 6.07) is 20.8. The number of aromatic nitrogens is 2. The molecular weight excluding hydrogens is 434 g/mol. The van der Waals surface area contributed by atoms with Crippen LogP contribution in [0, 0.1) is 17.6 Å². The molecule has 1 aliphatic rings. The molecule has 0 bridgehead atoms. The van der Waals surface area contributed by atoms with Crippen molar-refractivity contribution in [1.29, 1.82) is 0 Å². The number of hydrogen-bond acceptors (Lipinski definition) is 3. The van der Waals surface area contributed by atoms with Crippen molar-refractivity contribution in [3.63, 3.8) is 0 Å². The Morgan fingerprint density at radius 2 is 1.68 bits per heavy atom. The van der Waals surface area contributed by atoms with Crippen molar-refractivity contribution >= 4 is 22.9 Å². The van der Waals surface area contributed by atoms with Gasteiger partial charge >= 0.3 is 0 Å². The van der Waals surface area contributed by atoms with Gasteiger partial charge in [0.25, 0.3) is 0 Å². The van der Waals surface area contributed by atoms with Gasteiger partial charge in [0, 0.05) is 25.6 Å². The van der Waals surface area contributed by atoms with Gasteiger partial charge in [0.15, 0.2) is 0 Å². The fourth-order valence-electron chi connectivity index (χ4n) is 4.55. The molecule has 0 saturated carbocycles. The van der Waals surface area contributed by atoms with E-state index in [1.807, 2.05) is 24.3 Å². The van der Waals surface area contributed by atoms with Crippen LogP contribution in [-0.2, 0) is 17.9 Å². The smallest absolute Gasteiger partial charge is 0.223 e. The number of para-hydroxylation sites is 2. The van der Waals surface area contributed by atoms with Crippen molar-refractivity contribution in [2.75, 3.05) is 18.0 Å². The van der Waals surface area contributed by atoms with E-state index in [1.54, 1.807) is 24.3 Å². The SMILES string of the molecule is O=C(NCc1cccc(F)c1)C1CCN(c2nc3ccccc3n2Cc2ccc(F)cc2)CC1. The number of fused-ring (bicyclic) bond motifs is 1. The third-order valence-corrected chi connectivity index (χ3v) is 6.39. The Labute approximate surface area is 197 Å². The van der Waals surface area contributed by atoms with E-state index in [9.17, 15) is 13.6 Å². The summed E-state index contributed by atoms with van der Waals surface area (Å²) < 4.78 is 28.9. The zero-order chi connectivity index (χ0) is 23.5. The molecule has 5 rings (SSSR count). The number of nitrogens with one attached hydrogen (secondary N) is 1. The maximum Gasteiger partial charge on any atom is 0.223 e. The molecule has 0 atom stereocenters. The van der Waals surface area contributed by atoms with Crippen LogP contribution < -0.4 is 10.2 Å². The Morgan fingerprint density at radius 3 is 2.44 bits per heavy atom. The van der Waals surface area contributed by atoms with Gasteiger partial charge in [-0.05, 0) is 60.4 Å². The van der Waals surface area contributed by atoms with Crippen molar-refractivity contribution in [2.24, 2.45) is 5.92 Å². The molecule has 0 aliphatic carbocycles. The number of imidazole rings is 1. The number of hydrogen-bond donors (Lipinski definition) is 1. The number of nitrogens with zero attached hydrogens (tertiary/aromatic N) is 3. The lowest BCUT2D eigenvalue weighted by Gasteiger charge is -2.32. The summed E-state index contributed by atoms with van der Waals surface area (Å²) in [6.07, 6.45) is 1.43. The van der Waals surface area contributed by atoms with Crippen LogP contribution in [0.1, 0.15) is 24.0 Å². The summed E-state index contributed by atoms with van der Waals surface area (Å²) in [5, 5.41) is 2.94. The van der Waals surface area contributed by atoms with Crippen molar-refractivity contribution in [2.45, 2.75) is 25.9 Å². The number of carbonyl (C=O) groups excluding carboxylic acids is 1. The van der Waals surface area contributed by atoms with E-state index in [0.29, 0.717) is 26.2 Å². The maximum absolute atomic E-state index is 13.4. The Kier molecular flexibility index (Phi) is 6.25. The van der Waals surface area contributed by atoms with Gasteiger partial charge < -0.3 is 14.8 Å². The highest BCUT2D eigenvalue weighted by atomic mass is 19.1. The number of rotatable bonds is 6. The molecule has 7 heteroatoms. The molecule has 5 nitrogen and oxygen atoms in total. The van der Waals surface area contributed by atoms with Crippen LogP contribution >= 0.6 is 0 Å². The minimum Gasteiger partial charge on any atom is -0.352 e. The van der Waals surface area contributed by atoms with E-state index in [4.69, 9.17) is 4.98 Å². The second-order valence-corrected chi connectivity index (χ2v) is 8.72. The van der Waals surface area contributed by atoms with E-state index in [1.165, 1.54) is 24.3 Å². The van der Waals surface area contributed by atoms with Crippen LogP contribution in [0.4, 0.5) is 14.7 Å². The molecule has 0 radical (unpaired) electrons. The van der Waals surface area contributed by atoms with Crippen LogP contribution in [0.15, 0.2) is 72.8 Å². The van der Waals surface area contributed by atoms with E-state index in [2.05, 4.69) is 14.8 Å². The van der Waals surface area contributed by atoms with E-state index >= 15 is 0 Å². The third kappa shape index (κ3) is 4.78. The van der Waals surface area contributed by atoms with Gasteiger partial charge in [-0.1, -0.05) is 36.4 Å². The Bertz CT molecular complexity index is 1290. The highest BCUT2D eigenvalue weighted by Crippen LogP contribution is 2.28. The monoisotopic (exact) mass is 460 g/mol. The summed E-state index contributed by atoms with van der Waals surface area (Å²) in [6.45, 7) is 2.34. The number of carbonyl (C=O) groups is 1. The molecule has 34 heavy (non-hydrogen) atoms. The molecule has 1 aromatic heterocycles. The maximum atomic E-state index is 13.4. The molecule has 1 amide bonds. The predicted octanol–water partition coefficient (Wildman–Crippen LogP) is 4.90. The van der Waals surface area contributed by atoms with Crippen LogP contribution in [-0.4, -0.2) is 28.5 Å². The molecular formula is C27H26F2N4O. The summed E-state index contributed by atoms with van der Waals surface area (Å²) in [4.78, 5) is 19.8. The lowest BCUT2D eigenvalue weighted by Crippen LogP contribution is -2.41. The first-order valence-corrected chi connectivity index (χ1v) is 11.5. The van der Waals surface area contributed by atoms with Gasteiger partial charge in [0.1, 0.15) is 11.6 Å². The van der Waals surface area contributed by atoms with Crippen molar-refractivity contribution in [3.05, 3.63) is 95.6 Å². The van der Waals surface area contributed by atoms with E-state index < -0.39 is 0 Å². The second kappa shape index (κ2) is 9.63. The first-order chi connectivity index (χ1) is 16.6. The van der Waals surface area contributed by atoms with Crippen LogP contribution in [0.5, 0.6) is 0 Å². The Hall–Kier alpha value is -3.74. The van der Waals surface area contributed by atoms with Crippen molar-refractivity contribution in [3.8, 4) is 0 Å². The molecule has 4 aromatic rings. The average Bonchev–Trinajstić information content (AvgIpc) is 3.22. The van der Waals surface area contributed by atoms with Gasteiger partial charge in [-0.3, -0.25) is 4.79 Å². The topological polar surface area (TPSA) is 50.2 Å². The molecule has 0 unspecified atom stereocenters. The zero-order valence-electron chi connectivity index (χ0n) is 18.8. The van der Waals surface area contributed by atoms with E-state index in [0.717, 1.165) is 41.0 Å². The third-order valence-electron chi connectivity index (χ3n) is 6.39. The second-order valence-electron chi connectivity index (χ2n) is 8.72. The Balaban J connectivity index is 1.28. The molecule has 1 saturated heterocycles. The fraction of sp³-hybridized carbons (Fsp3) is 0.259. The highest BCUT2D eigenvalue weighted by Gasteiger charge is 2.27. The largest absolute Gasteiger partial charge is 0.352 e. The lowest BCUT2D eigenvalue weighted by atomic mass is 9.96. The number of amides is 1. The van der Waals surface area contributed by atoms with Crippen LogP contribution in [0.25, 0.3) is 11.0 Å². The number of halogens is 2. The van der Waals surface area contributed by atoms with Gasteiger partial charge in [0.2, 0.25) is 11.9 Å². The van der Waals surface area contributed by atoms with Crippen molar-refractivity contribution < 1.29 is 13.6 Å². The molecule has 1 fully saturated rings.